The Bertz CT molecular complexity index is 571. The van der Waals surface area contributed by atoms with E-state index in [0.717, 1.165) is 30.8 Å². The van der Waals surface area contributed by atoms with Crippen molar-refractivity contribution < 1.29 is 9.26 Å². The van der Waals surface area contributed by atoms with Crippen LogP contribution >= 0.6 is 12.4 Å². The fourth-order valence-corrected chi connectivity index (χ4v) is 2.00. The SMILES string of the molecule is CC[C@H](N)c1nc(-c2ccc3c(c2)CCO3)no1.Cl. The van der Waals surface area contributed by atoms with Gasteiger partial charge in [0.05, 0.1) is 12.6 Å². The van der Waals surface area contributed by atoms with Crippen molar-refractivity contribution in [2.45, 2.75) is 25.8 Å². The smallest absolute Gasteiger partial charge is 0.243 e. The molecule has 2 aromatic rings. The molecule has 0 amide bonds. The lowest BCUT2D eigenvalue weighted by Crippen LogP contribution is -2.08. The number of hydrogen-bond acceptors (Lipinski definition) is 5. The summed E-state index contributed by atoms with van der Waals surface area (Å²) in [4.78, 5) is 4.33. The van der Waals surface area contributed by atoms with Gasteiger partial charge < -0.3 is 15.0 Å². The summed E-state index contributed by atoms with van der Waals surface area (Å²) in [7, 11) is 0. The highest BCUT2D eigenvalue weighted by atomic mass is 35.5. The van der Waals surface area contributed by atoms with E-state index in [1.165, 1.54) is 5.56 Å². The van der Waals surface area contributed by atoms with Gasteiger partial charge in [0.25, 0.3) is 0 Å². The summed E-state index contributed by atoms with van der Waals surface area (Å²) in [6.07, 6.45) is 1.71. The molecule has 6 heteroatoms. The van der Waals surface area contributed by atoms with Crippen molar-refractivity contribution in [3.05, 3.63) is 29.7 Å². The molecule has 2 N–H and O–H groups in total. The Morgan fingerprint density at radius 1 is 1.42 bits per heavy atom. The number of aromatic nitrogens is 2. The molecule has 0 fully saturated rings. The predicted molar refractivity (Wildman–Crippen MR) is 73.4 cm³/mol. The van der Waals surface area contributed by atoms with Crippen LogP contribution in [-0.4, -0.2) is 16.7 Å². The van der Waals surface area contributed by atoms with Gasteiger partial charge in [-0.15, -0.1) is 12.4 Å². The highest BCUT2D eigenvalue weighted by molar-refractivity contribution is 5.85. The molecule has 0 radical (unpaired) electrons. The fraction of sp³-hybridized carbons (Fsp3) is 0.385. The normalized spacial score (nSPS) is 14.4. The van der Waals surface area contributed by atoms with Crippen molar-refractivity contribution in [2.75, 3.05) is 6.61 Å². The minimum Gasteiger partial charge on any atom is -0.493 e. The van der Waals surface area contributed by atoms with Gasteiger partial charge in [-0.3, -0.25) is 0 Å². The number of fused-ring (bicyclic) bond motifs is 1. The second-order valence-corrected chi connectivity index (χ2v) is 4.39. The Hall–Kier alpha value is -1.59. The van der Waals surface area contributed by atoms with Gasteiger partial charge in [-0.2, -0.15) is 4.98 Å². The molecule has 2 heterocycles. The Balaban J connectivity index is 0.00000133. The summed E-state index contributed by atoms with van der Waals surface area (Å²) < 4.78 is 10.6. The number of hydrogen-bond donors (Lipinski definition) is 1. The van der Waals surface area contributed by atoms with E-state index in [0.29, 0.717) is 11.7 Å². The maximum absolute atomic E-state index is 5.86. The number of rotatable bonds is 3. The van der Waals surface area contributed by atoms with E-state index in [4.69, 9.17) is 15.0 Å². The predicted octanol–water partition coefficient (Wildman–Crippen LogP) is 2.50. The van der Waals surface area contributed by atoms with Crippen LogP contribution < -0.4 is 10.5 Å². The molecule has 1 aliphatic rings. The molecule has 0 spiro atoms. The summed E-state index contributed by atoms with van der Waals surface area (Å²) in [5.41, 5.74) is 7.99. The fourth-order valence-electron chi connectivity index (χ4n) is 2.00. The zero-order valence-electron chi connectivity index (χ0n) is 10.6. The van der Waals surface area contributed by atoms with Crippen LogP contribution in [0.4, 0.5) is 0 Å². The van der Waals surface area contributed by atoms with Crippen LogP contribution in [0.2, 0.25) is 0 Å². The number of nitrogens with two attached hydrogens (primary N) is 1. The number of nitrogens with zero attached hydrogens (tertiary/aromatic N) is 2. The van der Waals surface area contributed by atoms with Crippen molar-refractivity contribution in [3.8, 4) is 17.1 Å². The van der Waals surface area contributed by atoms with E-state index in [2.05, 4.69) is 16.2 Å². The molecule has 3 rings (SSSR count). The van der Waals surface area contributed by atoms with Crippen molar-refractivity contribution in [1.82, 2.24) is 10.1 Å². The molecule has 0 unspecified atom stereocenters. The van der Waals surface area contributed by atoms with Crippen LogP contribution in [-0.2, 0) is 6.42 Å². The third-order valence-electron chi connectivity index (χ3n) is 3.15. The molecule has 1 atom stereocenters. The van der Waals surface area contributed by atoms with Gasteiger partial charge in [0.1, 0.15) is 5.75 Å². The average Bonchev–Trinajstić information content (AvgIpc) is 3.05. The minimum atomic E-state index is -0.191. The van der Waals surface area contributed by atoms with Crippen molar-refractivity contribution in [3.63, 3.8) is 0 Å². The summed E-state index contributed by atoms with van der Waals surface area (Å²) in [5, 5.41) is 3.97. The van der Waals surface area contributed by atoms with Gasteiger partial charge in [-0.05, 0) is 30.2 Å². The molecule has 19 heavy (non-hydrogen) atoms. The topological polar surface area (TPSA) is 74.2 Å². The quantitative estimate of drug-likeness (QED) is 0.936. The number of halogens is 1. The minimum absolute atomic E-state index is 0. The van der Waals surface area contributed by atoms with E-state index in [-0.39, 0.29) is 18.4 Å². The summed E-state index contributed by atoms with van der Waals surface area (Å²) in [6.45, 7) is 2.73. The first-order valence-electron chi connectivity index (χ1n) is 6.13. The zero-order chi connectivity index (χ0) is 12.5. The molecule has 0 bridgehead atoms. The molecular weight excluding hydrogens is 266 g/mol. The first-order chi connectivity index (χ1) is 8.78. The largest absolute Gasteiger partial charge is 0.493 e. The summed E-state index contributed by atoms with van der Waals surface area (Å²) in [5.74, 6) is 2.03. The summed E-state index contributed by atoms with van der Waals surface area (Å²) >= 11 is 0. The van der Waals surface area contributed by atoms with Gasteiger partial charge in [-0.25, -0.2) is 0 Å². The van der Waals surface area contributed by atoms with Crippen LogP contribution in [0.5, 0.6) is 5.75 Å². The zero-order valence-corrected chi connectivity index (χ0v) is 11.4. The first kappa shape index (κ1) is 13.8. The van der Waals surface area contributed by atoms with Gasteiger partial charge in [0, 0.05) is 12.0 Å². The van der Waals surface area contributed by atoms with Crippen LogP contribution in [0.25, 0.3) is 11.4 Å². The molecule has 102 valence electrons. The third-order valence-corrected chi connectivity index (χ3v) is 3.15. The van der Waals surface area contributed by atoms with Crippen molar-refractivity contribution >= 4 is 12.4 Å². The highest BCUT2D eigenvalue weighted by Gasteiger charge is 2.17. The van der Waals surface area contributed by atoms with E-state index < -0.39 is 0 Å². The van der Waals surface area contributed by atoms with Crippen LogP contribution in [0.1, 0.15) is 30.8 Å². The van der Waals surface area contributed by atoms with E-state index in [1.54, 1.807) is 0 Å². The Morgan fingerprint density at radius 3 is 3.05 bits per heavy atom. The maximum Gasteiger partial charge on any atom is 0.243 e. The van der Waals surface area contributed by atoms with Crippen LogP contribution in [0, 0.1) is 0 Å². The Morgan fingerprint density at radius 2 is 2.26 bits per heavy atom. The maximum atomic E-state index is 5.86. The van der Waals surface area contributed by atoms with Crippen molar-refractivity contribution in [1.29, 1.82) is 0 Å². The van der Waals surface area contributed by atoms with Gasteiger partial charge in [0.2, 0.25) is 11.7 Å². The molecule has 0 aliphatic carbocycles. The molecule has 5 nitrogen and oxygen atoms in total. The number of ether oxygens (including phenoxy) is 1. The van der Waals surface area contributed by atoms with Crippen LogP contribution in [0.3, 0.4) is 0 Å². The average molecular weight is 282 g/mol. The lowest BCUT2D eigenvalue weighted by atomic mass is 10.1. The first-order valence-corrected chi connectivity index (χ1v) is 6.13. The lowest BCUT2D eigenvalue weighted by Gasteiger charge is -2.00. The second-order valence-electron chi connectivity index (χ2n) is 4.39. The van der Waals surface area contributed by atoms with Gasteiger partial charge in [-0.1, -0.05) is 12.1 Å². The molecule has 1 aromatic heterocycles. The molecule has 1 aliphatic heterocycles. The Labute approximate surface area is 117 Å². The third kappa shape index (κ3) is 2.57. The van der Waals surface area contributed by atoms with Gasteiger partial charge >= 0.3 is 0 Å². The van der Waals surface area contributed by atoms with Crippen LogP contribution in [0.15, 0.2) is 22.7 Å². The van der Waals surface area contributed by atoms with E-state index in [1.807, 2.05) is 19.1 Å². The Kier molecular flexibility index (Phi) is 4.07. The van der Waals surface area contributed by atoms with Gasteiger partial charge in [0.15, 0.2) is 0 Å². The monoisotopic (exact) mass is 281 g/mol. The molecular formula is C13H16ClN3O2. The highest BCUT2D eigenvalue weighted by Crippen LogP contribution is 2.29. The molecule has 0 saturated heterocycles. The number of benzene rings is 1. The second kappa shape index (κ2) is 5.59. The standard InChI is InChI=1S/C13H15N3O2.ClH/c1-2-10(14)13-15-12(16-18-13)9-3-4-11-8(7-9)5-6-17-11;/h3-4,7,10H,2,5-6,14H2,1H3;1H/t10-;/m0./s1. The molecule has 1 aromatic carbocycles. The van der Waals surface area contributed by atoms with E-state index >= 15 is 0 Å². The molecule has 0 saturated carbocycles. The van der Waals surface area contributed by atoms with Crippen molar-refractivity contribution in [2.24, 2.45) is 5.73 Å². The lowest BCUT2D eigenvalue weighted by molar-refractivity contribution is 0.352. The summed E-state index contributed by atoms with van der Waals surface area (Å²) in [6, 6.07) is 5.75. The van der Waals surface area contributed by atoms with E-state index in [9.17, 15) is 0 Å².